The fourth-order valence-corrected chi connectivity index (χ4v) is 2.49. The van der Waals surface area contributed by atoms with Gasteiger partial charge in [-0.05, 0) is 67.3 Å². The minimum absolute atomic E-state index is 0.131. The molecule has 2 atom stereocenters. The van der Waals surface area contributed by atoms with E-state index < -0.39 is 0 Å². The molecule has 1 aromatic carbocycles. The predicted molar refractivity (Wildman–Crippen MR) is 90.2 cm³/mol. The molecule has 0 spiro atoms. The Labute approximate surface area is 130 Å². The van der Waals surface area contributed by atoms with E-state index in [0.29, 0.717) is 17.4 Å². The fraction of sp³-hybridized carbons (Fsp3) is 0.684. The molecule has 0 aromatic heterocycles. The van der Waals surface area contributed by atoms with Crippen molar-refractivity contribution in [1.82, 2.24) is 5.32 Å². The standard InChI is InChI=1S/C19H32FN/c1-7-10-21-18(11-15(3)19(4,5)6)13-16-12-17(20)9-8-14(16)2/h8-9,12,15,18,21H,7,10-11,13H2,1-6H3. The van der Waals surface area contributed by atoms with Crippen LogP contribution in [-0.2, 0) is 6.42 Å². The van der Waals surface area contributed by atoms with Crippen LogP contribution >= 0.6 is 0 Å². The number of nitrogens with one attached hydrogen (secondary N) is 1. The predicted octanol–water partition coefficient (Wildman–Crippen LogP) is 5.12. The summed E-state index contributed by atoms with van der Waals surface area (Å²) in [6.45, 7) is 14.5. The first-order valence-electron chi connectivity index (χ1n) is 8.22. The SMILES string of the molecule is CCCNC(Cc1cc(F)ccc1C)CC(C)C(C)(C)C. The number of halogens is 1. The third-order valence-electron chi connectivity index (χ3n) is 4.58. The van der Waals surface area contributed by atoms with Gasteiger partial charge < -0.3 is 5.32 Å². The van der Waals surface area contributed by atoms with Crippen LogP contribution < -0.4 is 5.32 Å². The van der Waals surface area contributed by atoms with E-state index in [-0.39, 0.29) is 5.82 Å². The van der Waals surface area contributed by atoms with Crippen molar-refractivity contribution in [3.05, 3.63) is 35.1 Å². The molecule has 0 heterocycles. The molecule has 2 unspecified atom stereocenters. The Morgan fingerprint density at radius 3 is 2.48 bits per heavy atom. The van der Waals surface area contributed by atoms with Crippen LogP contribution in [0.3, 0.4) is 0 Å². The highest BCUT2D eigenvalue weighted by Gasteiger charge is 2.23. The molecule has 2 heteroatoms. The van der Waals surface area contributed by atoms with Crippen LogP contribution in [0.5, 0.6) is 0 Å². The molecule has 0 fully saturated rings. The number of benzene rings is 1. The van der Waals surface area contributed by atoms with Gasteiger partial charge in [-0.2, -0.15) is 0 Å². The third-order valence-corrected chi connectivity index (χ3v) is 4.58. The van der Waals surface area contributed by atoms with Crippen LogP contribution in [0, 0.1) is 24.1 Å². The highest BCUT2D eigenvalue weighted by Crippen LogP contribution is 2.30. The van der Waals surface area contributed by atoms with Crippen molar-refractivity contribution < 1.29 is 4.39 Å². The van der Waals surface area contributed by atoms with E-state index in [4.69, 9.17) is 0 Å². The maximum Gasteiger partial charge on any atom is 0.123 e. The van der Waals surface area contributed by atoms with Gasteiger partial charge in [0.05, 0.1) is 0 Å². The Hall–Kier alpha value is -0.890. The Balaban J connectivity index is 2.80. The zero-order valence-corrected chi connectivity index (χ0v) is 14.6. The second-order valence-corrected chi connectivity index (χ2v) is 7.43. The zero-order chi connectivity index (χ0) is 16.0. The molecule has 0 amide bonds. The van der Waals surface area contributed by atoms with E-state index in [1.165, 1.54) is 5.56 Å². The first-order valence-corrected chi connectivity index (χ1v) is 8.22. The molecule has 0 saturated carbocycles. The maximum absolute atomic E-state index is 13.5. The minimum Gasteiger partial charge on any atom is -0.314 e. The second-order valence-electron chi connectivity index (χ2n) is 7.43. The van der Waals surface area contributed by atoms with Gasteiger partial charge in [-0.15, -0.1) is 0 Å². The van der Waals surface area contributed by atoms with Gasteiger partial charge in [0.15, 0.2) is 0 Å². The molecule has 0 aliphatic carbocycles. The largest absolute Gasteiger partial charge is 0.314 e. The summed E-state index contributed by atoms with van der Waals surface area (Å²) in [4.78, 5) is 0. The lowest BCUT2D eigenvalue weighted by Gasteiger charge is -2.31. The molecule has 21 heavy (non-hydrogen) atoms. The summed E-state index contributed by atoms with van der Waals surface area (Å²) in [5.41, 5.74) is 2.62. The van der Waals surface area contributed by atoms with Gasteiger partial charge in [0, 0.05) is 6.04 Å². The smallest absolute Gasteiger partial charge is 0.123 e. The lowest BCUT2D eigenvalue weighted by atomic mass is 9.77. The average molecular weight is 293 g/mol. The fourth-order valence-electron chi connectivity index (χ4n) is 2.49. The van der Waals surface area contributed by atoms with Crippen molar-refractivity contribution >= 4 is 0 Å². The molecule has 120 valence electrons. The summed E-state index contributed by atoms with van der Waals surface area (Å²) in [5.74, 6) is 0.495. The van der Waals surface area contributed by atoms with Crippen molar-refractivity contribution in [2.45, 2.75) is 66.8 Å². The Morgan fingerprint density at radius 1 is 1.24 bits per heavy atom. The summed E-state index contributed by atoms with van der Waals surface area (Å²) in [6, 6.07) is 5.54. The van der Waals surface area contributed by atoms with E-state index >= 15 is 0 Å². The normalized spacial score (nSPS) is 15.0. The van der Waals surface area contributed by atoms with Gasteiger partial charge in [-0.3, -0.25) is 0 Å². The van der Waals surface area contributed by atoms with Gasteiger partial charge in [0.2, 0.25) is 0 Å². The van der Waals surface area contributed by atoms with Crippen LogP contribution in [0.4, 0.5) is 4.39 Å². The molecule has 1 nitrogen and oxygen atoms in total. The highest BCUT2D eigenvalue weighted by molar-refractivity contribution is 5.27. The Bertz CT molecular complexity index is 434. The first kappa shape index (κ1) is 18.2. The molecule has 0 saturated heterocycles. The van der Waals surface area contributed by atoms with Gasteiger partial charge >= 0.3 is 0 Å². The minimum atomic E-state index is -0.131. The number of hydrogen-bond acceptors (Lipinski definition) is 1. The molecule has 0 aliphatic heterocycles. The summed E-state index contributed by atoms with van der Waals surface area (Å²) >= 11 is 0. The topological polar surface area (TPSA) is 12.0 Å². The highest BCUT2D eigenvalue weighted by atomic mass is 19.1. The van der Waals surface area contributed by atoms with E-state index in [1.54, 1.807) is 12.1 Å². The molecular weight excluding hydrogens is 261 g/mol. The zero-order valence-electron chi connectivity index (χ0n) is 14.6. The number of aryl methyl sites for hydroxylation is 1. The molecule has 1 N–H and O–H groups in total. The monoisotopic (exact) mass is 293 g/mol. The second kappa shape index (κ2) is 7.93. The van der Waals surface area contributed by atoms with Gasteiger partial charge in [0.25, 0.3) is 0 Å². The van der Waals surface area contributed by atoms with Gasteiger partial charge in [0.1, 0.15) is 5.82 Å². The number of hydrogen-bond donors (Lipinski definition) is 1. The Morgan fingerprint density at radius 2 is 1.90 bits per heavy atom. The lowest BCUT2D eigenvalue weighted by molar-refractivity contribution is 0.222. The molecule has 0 bridgehead atoms. The van der Waals surface area contributed by atoms with Crippen molar-refractivity contribution in [1.29, 1.82) is 0 Å². The van der Waals surface area contributed by atoms with Crippen molar-refractivity contribution in [3.8, 4) is 0 Å². The van der Waals surface area contributed by atoms with Crippen molar-refractivity contribution in [2.24, 2.45) is 11.3 Å². The van der Waals surface area contributed by atoms with E-state index in [1.807, 2.05) is 6.07 Å². The molecule has 1 aromatic rings. The Kier molecular flexibility index (Phi) is 6.86. The summed E-state index contributed by atoms with van der Waals surface area (Å²) in [7, 11) is 0. The summed E-state index contributed by atoms with van der Waals surface area (Å²) < 4.78 is 13.5. The van der Waals surface area contributed by atoms with Crippen molar-refractivity contribution in [3.63, 3.8) is 0 Å². The summed E-state index contributed by atoms with van der Waals surface area (Å²) in [6.07, 6.45) is 3.16. The van der Waals surface area contributed by atoms with Gasteiger partial charge in [-0.1, -0.05) is 40.7 Å². The van der Waals surface area contributed by atoms with E-state index in [0.717, 1.165) is 31.4 Å². The van der Waals surface area contributed by atoms with Crippen LogP contribution in [0.1, 0.15) is 58.6 Å². The average Bonchev–Trinajstić information content (AvgIpc) is 2.39. The number of rotatable bonds is 7. The quantitative estimate of drug-likeness (QED) is 0.736. The maximum atomic E-state index is 13.5. The molecule has 1 rings (SSSR count). The molecular formula is C19H32FN. The van der Waals surface area contributed by atoms with Crippen LogP contribution in [0.25, 0.3) is 0 Å². The van der Waals surface area contributed by atoms with Crippen LogP contribution in [0.15, 0.2) is 18.2 Å². The van der Waals surface area contributed by atoms with E-state index in [9.17, 15) is 4.39 Å². The third kappa shape index (κ3) is 6.17. The summed E-state index contributed by atoms with van der Waals surface area (Å²) in [5, 5.41) is 3.65. The molecule has 0 aliphatic rings. The van der Waals surface area contributed by atoms with Crippen molar-refractivity contribution in [2.75, 3.05) is 6.54 Å². The van der Waals surface area contributed by atoms with Crippen LogP contribution in [-0.4, -0.2) is 12.6 Å². The lowest BCUT2D eigenvalue weighted by Crippen LogP contribution is -2.36. The van der Waals surface area contributed by atoms with E-state index in [2.05, 4.69) is 46.9 Å². The molecule has 0 radical (unpaired) electrons. The van der Waals surface area contributed by atoms with Gasteiger partial charge in [-0.25, -0.2) is 4.39 Å². The van der Waals surface area contributed by atoms with Crippen LogP contribution in [0.2, 0.25) is 0 Å². The first-order chi connectivity index (χ1) is 9.74.